The molecule has 0 atom stereocenters. The fourth-order valence-electron chi connectivity index (χ4n) is 3.19. The minimum Gasteiger partial charge on any atom is -0.341 e. The third-order valence-corrected chi connectivity index (χ3v) is 4.65. The summed E-state index contributed by atoms with van der Waals surface area (Å²) in [6, 6.07) is 33.1. The van der Waals surface area contributed by atoms with Crippen molar-refractivity contribution in [1.82, 2.24) is 10.3 Å². The summed E-state index contributed by atoms with van der Waals surface area (Å²) in [5.41, 5.74) is 4.59. The van der Waals surface area contributed by atoms with E-state index in [2.05, 4.69) is 10.3 Å². The molecule has 3 heteroatoms. The molecule has 0 aliphatic rings. The number of amides is 1. The Hall–Kier alpha value is -3.72. The van der Waals surface area contributed by atoms with Gasteiger partial charge in [0.05, 0.1) is 11.7 Å². The molecule has 1 N–H and O–H groups in total. The standard InChI is InChI=1S/C25H20N2O/c28-25(22-16-14-19(15-17-22)23-13-7-8-18-26-23)27-24(20-9-3-1-4-10-20)21-11-5-2-6-12-21/h1-18,24H,(H,27,28). The van der Waals surface area contributed by atoms with Crippen molar-refractivity contribution in [3.63, 3.8) is 0 Å². The van der Waals surface area contributed by atoms with Gasteiger partial charge >= 0.3 is 0 Å². The van der Waals surface area contributed by atoms with Gasteiger partial charge in [0.1, 0.15) is 0 Å². The van der Waals surface area contributed by atoms with Gasteiger partial charge in [0.2, 0.25) is 0 Å². The molecule has 1 amide bonds. The zero-order valence-electron chi connectivity index (χ0n) is 15.3. The fourth-order valence-corrected chi connectivity index (χ4v) is 3.19. The van der Waals surface area contributed by atoms with Crippen LogP contribution in [-0.2, 0) is 0 Å². The van der Waals surface area contributed by atoms with Crippen LogP contribution < -0.4 is 5.32 Å². The van der Waals surface area contributed by atoms with E-state index >= 15 is 0 Å². The van der Waals surface area contributed by atoms with Crippen LogP contribution in [0.2, 0.25) is 0 Å². The van der Waals surface area contributed by atoms with Crippen LogP contribution in [-0.4, -0.2) is 10.9 Å². The molecule has 28 heavy (non-hydrogen) atoms. The van der Waals surface area contributed by atoms with Crippen molar-refractivity contribution < 1.29 is 4.79 Å². The van der Waals surface area contributed by atoms with Crippen molar-refractivity contribution in [3.8, 4) is 11.3 Å². The number of nitrogens with one attached hydrogen (secondary N) is 1. The number of hydrogen-bond donors (Lipinski definition) is 1. The highest BCUT2D eigenvalue weighted by atomic mass is 16.1. The van der Waals surface area contributed by atoms with Gasteiger partial charge in [-0.05, 0) is 35.4 Å². The Kier molecular flexibility index (Phi) is 5.25. The van der Waals surface area contributed by atoms with Crippen LogP contribution in [0.4, 0.5) is 0 Å². The van der Waals surface area contributed by atoms with Crippen LogP contribution in [0.1, 0.15) is 27.5 Å². The molecular formula is C25H20N2O. The van der Waals surface area contributed by atoms with Gasteiger partial charge in [-0.25, -0.2) is 0 Å². The summed E-state index contributed by atoms with van der Waals surface area (Å²) in [5, 5.41) is 3.17. The smallest absolute Gasteiger partial charge is 0.252 e. The normalized spacial score (nSPS) is 10.6. The van der Waals surface area contributed by atoms with Crippen molar-refractivity contribution in [2.45, 2.75) is 6.04 Å². The summed E-state index contributed by atoms with van der Waals surface area (Å²) in [4.78, 5) is 17.3. The lowest BCUT2D eigenvalue weighted by Gasteiger charge is -2.20. The van der Waals surface area contributed by atoms with Gasteiger partial charge in [0.25, 0.3) is 5.91 Å². The Balaban J connectivity index is 1.58. The third-order valence-electron chi connectivity index (χ3n) is 4.65. The zero-order valence-corrected chi connectivity index (χ0v) is 15.3. The van der Waals surface area contributed by atoms with Gasteiger partial charge in [0, 0.05) is 17.3 Å². The molecule has 0 saturated heterocycles. The molecule has 1 heterocycles. The summed E-state index contributed by atoms with van der Waals surface area (Å²) in [7, 11) is 0. The minimum absolute atomic E-state index is 0.106. The van der Waals surface area contributed by atoms with E-state index in [0.717, 1.165) is 22.4 Å². The first kappa shape index (κ1) is 17.7. The Morgan fingerprint density at radius 1 is 0.679 bits per heavy atom. The second-order valence-electron chi connectivity index (χ2n) is 6.52. The number of hydrogen-bond acceptors (Lipinski definition) is 2. The molecule has 0 aliphatic carbocycles. The monoisotopic (exact) mass is 364 g/mol. The quantitative estimate of drug-likeness (QED) is 0.524. The highest BCUT2D eigenvalue weighted by molar-refractivity contribution is 5.95. The molecular weight excluding hydrogens is 344 g/mol. The Labute approximate surface area is 164 Å². The Bertz CT molecular complexity index is 991. The third kappa shape index (κ3) is 3.99. The maximum absolute atomic E-state index is 12.9. The van der Waals surface area contributed by atoms with Crippen molar-refractivity contribution in [2.75, 3.05) is 0 Å². The lowest BCUT2D eigenvalue weighted by atomic mass is 9.98. The minimum atomic E-state index is -0.203. The molecule has 0 fully saturated rings. The lowest BCUT2D eigenvalue weighted by molar-refractivity contribution is 0.0943. The maximum atomic E-state index is 12.9. The molecule has 0 aliphatic heterocycles. The molecule has 136 valence electrons. The molecule has 3 nitrogen and oxygen atoms in total. The van der Waals surface area contributed by atoms with E-state index in [9.17, 15) is 4.79 Å². The lowest BCUT2D eigenvalue weighted by Crippen LogP contribution is -2.29. The highest BCUT2D eigenvalue weighted by Crippen LogP contribution is 2.23. The summed E-state index contributed by atoms with van der Waals surface area (Å²) in [6.07, 6.45) is 1.76. The first-order chi connectivity index (χ1) is 13.8. The maximum Gasteiger partial charge on any atom is 0.252 e. The number of benzene rings is 3. The average molecular weight is 364 g/mol. The Morgan fingerprint density at radius 2 is 1.25 bits per heavy atom. The molecule has 4 rings (SSSR count). The van der Waals surface area contributed by atoms with Crippen molar-refractivity contribution in [1.29, 1.82) is 0 Å². The van der Waals surface area contributed by atoms with Crippen molar-refractivity contribution in [2.24, 2.45) is 0 Å². The number of carbonyl (C=O) groups is 1. The van der Waals surface area contributed by atoms with Gasteiger partial charge in [0.15, 0.2) is 0 Å². The van der Waals surface area contributed by atoms with E-state index in [0.29, 0.717) is 5.56 Å². The number of nitrogens with zero attached hydrogens (tertiary/aromatic N) is 1. The van der Waals surface area contributed by atoms with Crippen LogP contribution in [0.5, 0.6) is 0 Å². The first-order valence-electron chi connectivity index (χ1n) is 9.23. The molecule has 0 bridgehead atoms. The van der Waals surface area contributed by atoms with Crippen molar-refractivity contribution in [3.05, 3.63) is 126 Å². The summed E-state index contributed by atoms with van der Waals surface area (Å²) in [5.74, 6) is -0.106. The summed E-state index contributed by atoms with van der Waals surface area (Å²) >= 11 is 0. The molecule has 0 radical (unpaired) electrons. The van der Waals surface area contributed by atoms with Crippen LogP contribution in [0.3, 0.4) is 0 Å². The second-order valence-corrected chi connectivity index (χ2v) is 6.52. The number of carbonyl (C=O) groups excluding carboxylic acids is 1. The van der Waals surface area contributed by atoms with Gasteiger partial charge in [-0.3, -0.25) is 9.78 Å². The highest BCUT2D eigenvalue weighted by Gasteiger charge is 2.17. The van der Waals surface area contributed by atoms with Crippen LogP contribution >= 0.6 is 0 Å². The molecule has 1 aromatic heterocycles. The molecule has 0 spiro atoms. The van der Waals surface area contributed by atoms with Gasteiger partial charge < -0.3 is 5.32 Å². The molecule has 3 aromatic carbocycles. The van der Waals surface area contributed by atoms with Crippen molar-refractivity contribution >= 4 is 5.91 Å². The van der Waals surface area contributed by atoms with Crippen LogP contribution in [0.15, 0.2) is 109 Å². The molecule has 4 aromatic rings. The second kappa shape index (κ2) is 8.31. The predicted octanol–water partition coefficient (Wildman–Crippen LogP) is 5.27. The predicted molar refractivity (Wildman–Crippen MR) is 112 cm³/mol. The van der Waals surface area contributed by atoms with Crippen LogP contribution in [0.25, 0.3) is 11.3 Å². The van der Waals surface area contributed by atoms with Crippen LogP contribution in [0, 0.1) is 0 Å². The van der Waals surface area contributed by atoms with E-state index in [1.807, 2.05) is 103 Å². The largest absolute Gasteiger partial charge is 0.341 e. The van der Waals surface area contributed by atoms with E-state index in [1.165, 1.54) is 0 Å². The molecule has 0 saturated carbocycles. The van der Waals surface area contributed by atoms with E-state index in [4.69, 9.17) is 0 Å². The zero-order chi connectivity index (χ0) is 19.2. The van der Waals surface area contributed by atoms with Gasteiger partial charge in [-0.1, -0.05) is 78.9 Å². The van der Waals surface area contributed by atoms with E-state index < -0.39 is 0 Å². The summed E-state index contributed by atoms with van der Waals surface area (Å²) in [6.45, 7) is 0. The molecule has 0 unspecified atom stereocenters. The SMILES string of the molecule is O=C(NC(c1ccccc1)c1ccccc1)c1ccc(-c2ccccn2)cc1. The topological polar surface area (TPSA) is 42.0 Å². The van der Waals surface area contributed by atoms with Gasteiger partial charge in [-0.15, -0.1) is 0 Å². The fraction of sp³-hybridized carbons (Fsp3) is 0.0400. The summed E-state index contributed by atoms with van der Waals surface area (Å²) < 4.78 is 0. The van der Waals surface area contributed by atoms with E-state index in [-0.39, 0.29) is 11.9 Å². The first-order valence-corrected chi connectivity index (χ1v) is 9.23. The van der Waals surface area contributed by atoms with Gasteiger partial charge in [-0.2, -0.15) is 0 Å². The average Bonchev–Trinajstić information content (AvgIpc) is 2.79. The number of rotatable bonds is 5. The number of aromatic nitrogens is 1. The Morgan fingerprint density at radius 3 is 1.79 bits per heavy atom. The number of pyridine rings is 1. The van der Waals surface area contributed by atoms with E-state index in [1.54, 1.807) is 6.20 Å².